The van der Waals surface area contributed by atoms with Crippen molar-refractivity contribution in [3.05, 3.63) is 53.9 Å². The Kier molecular flexibility index (Phi) is 4.17. The fraction of sp³-hybridized carbons (Fsp3) is 0.476. The number of aryl methyl sites for hydroxylation is 1. The lowest BCUT2D eigenvalue weighted by Gasteiger charge is -2.35. The summed E-state index contributed by atoms with van der Waals surface area (Å²) in [6.07, 6.45) is 5.97. The molecule has 0 radical (unpaired) electrons. The molecule has 0 N–H and O–H groups in total. The third-order valence-corrected chi connectivity index (χ3v) is 5.91. The van der Waals surface area contributed by atoms with Crippen LogP contribution in [0.15, 0.2) is 36.7 Å². The molecule has 1 unspecified atom stereocenters. The van der Waals surface area contributed by atoms with E-state index in [1.807, 2.05) is 17.9 Å². The van der Waals surface area contributed by atoms with Crippen molar-refractivity contribution in [2.45, 2.75) is 51.1 Å². The Labute approximate surface area is 159 Å². The van der Waals surface area contributed by atoms with Crippen LogP contribution >= 0.6 is 0 Å². The molecule has 0 aliphatic carbocycles. The highest BCUT2D eigenvalue weighted by atomic mass is 19.1. The molecule has 1 amide bonds. The van der Waals surface area contributed by atoms with E-state index in [0.29, 0.717) is 12.2 Å². The molecule has 1 spiro atoms. The van der Waals surface area contributed by atoms with Crippen LogP contribution in [0, 0.1) is 12.7 Å². The molecule has 2 aliphatic heterocycles. The summed E-state index contributed by atoms with van der Waals surface area (Å²) in [6, 6.07) is 6.72. The molecule has 3 heterocycles. The number of hydrogen-bond donors (Lipinski definition) is 0. The highest BCUT2D eigenvalue weighted by molar-refractivity contribution is 5.93. The van der Waals surface area contributed by atoms with Crippen LogP contribution in [0.4, 0.5) is 10.1 Å². The maximum Gasteiger partial charge on any atom is 0.274 e. The predicted octanol–water partition coefficient (Wildman–Crippen LogP) is 3.59. The number of hydrogen-bond acceptors (Lipinski definition) is 4. The second-order valence-corrected chi connectivity index (χ2v) is 8.38. The van der Waals surface area contributed by atoms with Gasteiger partial charge in [0.25, 0.3) is 5.91 Å². The van der Waals surface area contributed by atoms with Gasteiger partial charge in [-0.1, -0.05) is 6.07 Å². The summed E-state index contributed by atoms with van der Waals surface area (Å²) in [7, 11) is 0. The number of likely N-dealkylation sites (tertiary alicyclic amines) is 1. The van der Waals surface area contributed by atoms with Crippen LogP contribution in [0.25, 0.3) is 0 Å². The van der Waals surface area contributed by atoms with E-state index in [0.717, 1.165) is 37.2 Å². The first-order valence-electron chi connectivity index (χ1n) is 9.45. The highest BCUT2D eigenvalue weighted by Crippen LogP contribution is 2.47. The van der Waals surface area contributed by atoms with Crippen LogP contribution in [0.5, 0.6) is 0 Å². The average Bonchev–Trinajstić information content (AvgIpc) is 3.14. The van der Waals surface area contributed by atoms with Crippen molar-refractivity contribution in [1.29, 1.82) is 0 Å². The van der Waals surface area contributed by atoms with Crippen LogP contribution in [-0.2, 0) is 0 Å². The van der Waals surface area contributed by atoms with Crippen molar-refractivity contribution in [3.63, 3.8) is 0 Å². The Balaban J connectivity index is 1.66. The Morgan fingerprint density at radius 1 is 1.22 bits per heavy atom. The van der Waals surface area contributed by atoms with Crippen molar-refractivity contribution in [2.24, 2.45) is 0 Å². The van der Waals surface area contributed by atoms with Gasteiger partial charge in [-0.05, 0) is 58.2 Å². The van der Waals surface area contributed by atoms with Gasteiger partial charge in [-0.3, -0.25) is 9.78 Å². The molecule has 142 valence electrons. The lowest BCUT2D eigenvalue weighted by atomic mass is 9.87. The minimum Gasteiger partial charge on any atom is -0.364 e. The van der Waals surface area contributed by atoms with Gasteiger partial charge in [0.1, 0.15) is 11.5 Å². The smallest absolute Gasteiger partial charge is 0.274 e. The molecule has 1 aromatic heterocycles. The van der Waals surface area contributed by atoms with Crippen molar-refractivity contribution >= 4 is 11.6 Å². The van der Waals surface area contributed by atoms with E-state index in [-0.39, 0.29) is 22.8 Å². The summed E-state index contributed by atoms with van der Waals surface area (Å²) in [5, 5.41) is 0. The molecule has 0 saturated carbocycles. The number of anilines is 1. The van der Waals surface area contributed by atoms with E-state index in [1.165, 1.54) is 6.07 Å². The molecule has 5 nitrogen and oxygen atoms in total. The second kappa shape index (κ2) is 6.29. The molecule has 4 rings (SSSR count). The Morgan fingerprint density at radius 3 is 2.74 bits per heavy atom. The van der Waals surface area contributed by atoms with Gasteiger partial charge < -0.3 is 9.80 Å². The van der Waals surface area contributed by atoms with Gasteiger partial charge in [-0.15, -0.1) is 0 Å². The molecule has 27 heavy (non-hydrogen) atoms. The van der Waals surface area contributed by atoms with Gasteiger partial charge in [-0.2, -0.15) is 0 Å². The third kappa shape index (κ3) is 3.07. The van der Waals surface area contributed by atoms with E-state index >= 15 is 0 Å². The number of amides is 1. The number of rotatable bonds is 2. The van der Waals surface area contributed by atoms with Crippen LogP contribution in [0.3, 0.4) is 0 Å². The molecular formula is C21H25FN4O. The van der Waals surface area contributed by atoms with Crippen molar-refractivity contribution < 1.29 is 9.18 Å². The maximum atomic E-state index is 13.8. The van der Waals surface area contributed by atoms with Gasteiger partial charge in [0, 0.05) is 30.5 Å². The Bertz CT molecular complexity index is 867. The summed E-state index contributed by atoms with van der Waals surface area (Å²) < 4.78 is 13.8. The van der Waals surface area contributed by atoms with Gasteiger partial charge in [0.15, 0.2) is 0 Å². The summed E-state index contributed by atoms with van der Waals surface area (Å²) in [5.74, 6) is -0.296. The van der Waals surface area contributed by atoms with E-state index in [1.54, 1.807) is 24.5 Å². The van der Waals surface area contributed by atoms with E-state index in [9.17, 15) is 9.18 Å². The standard InChI is InChI=1S/C21H25FN4O/c1-15-11-24-18(12-23-15)19(27)25-9-5-8-21(25)13-20(2,3)26(14-21)17-7-4-6-16(22)10-17/h4,6-7,10-12H,5,8-9,13-14H2,1-3H3. The molecule has 6 heteroatoms. The zero-order valence-corrected chi connectivity index (χ0v) is 16.1. The maximum absolute atomic E-state index is 13.8. The molecule has 2 fully saturated rings. The molecular weight excluding hydrogens is 343 g/mol. The molecule has 1 aromatic carbocycles. The lowest BCUT2D eigenvalue weighted by Crippen LogP contribution is -2.49. The van der Waals surface area contributed by atoms with Crippen molar-refractivity contribution in [2.75, 3.05) is 18.0 Å². The minimum absolute atomic E-state index is 0.0584. The monoisotopic (exact) mass is 368 g/mol. The third-order valence-electron chi connectivity index (χ3n) is 5.91. The molecule has 1 atom stereocenters. The first kappa shape index (κ1) is 17.9. The number of carbonyl (C=O) groups excluding carboxylic acids is 1. The number of aromatic nitrogens is 2. The van der Waals surface area contributed by atoms with Crippen molar-refractivity contribution in [3.8, 4) is 0 Å². The summed E-state index contributed by atoms with van der Waals surface area (Å²) in [4.78, 5) is 25.9. The number of carbonyl (C=O) groups is 1. The topological polar surface area (TPSA) is 49.3 Å². The first-order valence-corrected chi connectivity index (χ1v) is 9.45. The summed E-state index contributed by atoms with van der Waals surface area (Å²) >= 11 is 0. The van der Waals surface area contributed by atoms with Crippen LogP contribution in [0.2, 0.25) is 0 Å². The quantitative estimate of drug-likeness (QED) is 0.813. The van der Waals surface area contributed by atoms with Crippen LogP contribution in [0.1, 0.15) is 49.3 Å². The van der Waals surface area contributed by atoms with E-state index in [2.05, 4.69) is 28.7 Å². The first-order chi connectivity index (χ1) is 12.8. The number of benzene rings is 1. The van der Waals surface area contributed by atoms with Crippen LogP contribution < -0.4 is 4.90 Å². The predicted molar refractivity (Wildman–Crippen MR) is 102 cm³/mol. The molecule has 2 aliphatic rings. The van der Waals surface area contributed by atoms with Gasteiger partial charge in [0.05, 0.1) is 17.4 Å². The van der Waals surface area contributed by atoms with Gasteiger partial charge in [0.2, 0.25) is 0 Å². The van der Waals surface area contributed by atoms with Gasteiger partial charge >= 0.3 is 0 Å². The highest BCUT2D eigenvalue weighted by Gasteiger charge is 2.55. The normalized spacial score (nSPS) is 24.0. The number of nitrogens with zero attached hydrogens (tertiary/aromatic N) is 4. The molecule has 2 saturated heterocycles. The number of halogens is 1. The Hall–Kier alpha value is -2.50. The fourth-order valence-corrected chi connectivity index (χ4v) is 4.79. The van der Waals surface area contributed by atoms with E-state index in [4.69, 9.17) is 0 Å². The molecule has 0 bridgehead atoms. The zero-order chi connectivity index (χ0) is 19.2. The summed E-state index contributed by atoms with van der Waals surface area (Å²) in [6.45, 7) is 7.61. The van der Waals surface area contributed by atoms with Crippen molar-refractivity contribution in [1.82, 2.24) is 14.9 Å². The molecule has 2 aromatic rings. The minimum atomic E-state index is -0.251. The van der Waals surface area contributed by atoms with Gasteiger partial charge in [-0.25, -0.2) is 9.37 Å². The van der Waals surface area contributed by atoms with E-state index < -0.39 is 0 Å². The lowest BCUT2D eigenvalue weighted by molar-refractivity contribution is 0.0610. The SMILES string of the molecule is Cc1cnc(C(=O)N2CCCC23CN(c2cccc(F)c2)C(C)(C)C3)cn1. The Morgan fingerprint density at radius 2 is 2.04 bits per heavy atom. The average molecular weight is 368 g/mol. The zero-order valence-electron chi connectivity index (χ0n) is 16.1. The summed E-state index contributed by atoms with van der Waals surface area (Å²) in [5.41, 5.74) is 1.63. The van der Waals surface area contributed by atoms with Crippen LogP contribution in [-0.4, -0.2) is 44.9 Å². The second-order valence-electron chi connectivity index (χ2n) is 8.38. The fourth-order valence-electron chi connectivity index (χ4n) is 4.79. The largest absolute Gasteiger partial charge is 0.364 e.